The topological polar surface area (TPSA) is 72.9 Å². The standard InChI is InChI=1S/C14H19FN6/c1-9-17-8-12(13-11(15)7-18-14(16)19-13)21(9)10-3-5-20(2)6-4-10/h7-8,10H,3-6H2,1-2H3,(H2,16,18,19). The maximum Gasteiger partial charge on any atom is 0.220 e. The van der Waals surface area contributed by atoms with Gasteiger partial charge in [-0.1, -0.05) is 0 Å². The zero-order chi connectivity index (χ0) is 15.0. The van der Waals surface area contributed by atoms with E-state index in [1.807, 2.05) is 6.92 Å². The first kappa shape index (κ1) is 13.9. The summed E-state index contributed by atoms with van der Waals surface area (Å²) < 4.78 is 16.1. The van der Waals surface area contributed by atoms with Crippen LogP contribution >= 0.6 is 0 Å². The average Bonchev–Trinajstić information content (AvgIpc) is 2.84. The van der Waals surface area contributed by atoms with E-state index in [1.165, 1.54) is 0 Å². The number of halogens is 1. The molecule has 2 aromatic rings. The second-order valence-corrected chi connectivity index (χ2v) is 5.52. The molecule has 2 N–H and O–H groups in total. The minimum atomic E-state index is -0.474. The fraction of sp³-hybridized carbons (Fsp3) is 0.500. The molecule has 3 rings (SSSR count). The van der Waals surface area contributed by atoms with E-state index in [0.717, 1.165) is 38.0 Å². The molecule has 0 aromatic carbocycles. The van der Waals surface area contributed by atoms with Gasteiger partial charge in [0, 0.05) is 6.04 Å². The first-order valence-electron chi connectivity index (χ1n) is 7.07. The fourth-order valence-electron chi connectivity index (χ4n) is 2.90. The number of likely N-dealkylation sites (tertiary alicyclic amines) is 1. The summed E-state index contributed by atoms with van der Waals surface area (Å²) in [6.45, 7) is 3.98. The summed E-state index contributed by atoms with van der Waals surface area (Å²) in [5.41, 5.74) is 6.49. The Morgan fingerprint density at radius 3 is 2.67 bits per heavy atom. The Labute approximate surface area is 122 Å². The highest BCUT2D eigenvalue weighted by atomic mass is 19.1. The number of nitrogens with zero attached hydrogens (tertiary/aromatic N) is 5. The number of hydrogen-bond donors (Lipinski definition) is 1. The van der Waals surface area contributed by atoms with Gasteiger partial charge in [-0.15, -0.1) is 0 Å². The minimum absolute atomic E-state index is 0.0696. The average molecular weight is 290 g/mol. The summed E-state index contributed by atoms with van der Waals surface area (Å²) in [6, 6.07) is 0.314. The highest BCUT2D eigenvalue weighted by Gasteiger charge is 2.24. The van der Waals surface area contributed by atoms with Crippen LogP contribution in [0.25, 0.3) is 11.4 Å². The Balaban J connectivity index is 2.02. The van der Waals surface area contributed by atoms with Crippen LogP contribution in [0.5, 0.6) is 0 Å². The maximum atomic E-state index is 14.0. The Bertz CT molecular complexity index is 645. The lowest BCUT2D eigenvalue weighted by Gasteiger charge is -2.31. The Morgan fingerprint density at radius 1 is 1.24 bits per heavy atom. The molecular weight excluding hydrogens is 271 g/mol. The van der Waals surface area contributed by atoms with E-state index in [1.54, 1.807) is 6.20 Å². The molecular formula is C14H19FN6. The van der Waals surface area contributed by atoms with Gasteiger partial charge in [-0.25, -0.2) is 19.3 Å². The van der Waals surface area contributed by atoms with E-state index in [2.05, 4.69) is 31.5 Å². The van der Waals surface area contributed by atoms with Gasteiger partial charge in [-0.2, -0.15) is 0 Å². The summed E-state index contributed by atoms with van der Waals surface area (Å²) in [6.07, 6.45) is 4.81. The number of hydrogen-bond acceptors (Lipinski definition) is 5. The third kappa shape index (κ3) is 2.61. The van der Waals surface area contributed by atoms with Gasteiger partial charge in [-0.05, 0) is 39.9 Å². The van der Waals surface area contributed by atoms with Crippen molar-refractivity contribution < 1.29 is 4.39 Å². The summed E-state index contributed by atoms with van der Waals surface area (Å²) in [4.78, 5) is 14.4. The molecule has 1 fully saturated rings. The molecule has 6 nitrogen and oxygen atoms in total. The molecule has 0 saturated carbocycles. The molecule has 0 radical (unpaired) electrons. The van der Waals surface area contributed by atoms with Crippen molar-refractivity contribution >= 4 is 5.95 Å². The lowest BCUT2D eigenvalue weighted by Crippen LogP contribution is -2.32. The Hall–Kier alpha value is -2.02. The zero-order valence-corrected chi connectivity index (χ0v) is 12.3. The van der Waals surface area contributed by atoms with Gasteiger partial charge >= 0.3 is 0 Å². The van der Waals surface area contributed by atoms with Crippen LogP contribution in [0.3, 0.4) is 0 Å². The van der Waals surface area contributed by atoms with Gasteiger partial charge in [0.25, 0.3) is 0 Å². The van der Waals surface area contributed by atoms with Crippen LogP contribution in [0.15, 0.2) is 12.4 Å². The molecule has 3 heterocycles. The number of piperidine rings is 1. The molecule has 0 bridgehead atoms. The lowest BCUT2D eigenvalue weighted by atomic mass is 10.0. The highest BCUT2D eigenvalue weighted by Crippen LogP contribution is 2.30. The molecule has 2 aromatic heterocycles. The van der Waals surface area contributed by atoms with Crippen LogP contribution in [0.1, 0.15) is 24.7 Å². The summed E-state index contributed by atoms with van der Waals surface area (Å²) in [5.74, 6) is 0.467. The molecule has 0 atom stereocenters. The molecule has 1 aliphatic heterocycles. The van der Waals surface area contributed by atoms with Crippen molar-refractivity contribution in [1.82, 2.24) is 24.4 Å². The third-order valence-electron chi connectivity index (χ3n) is 4.04. The maximum absolute atomic E-state index is 14.0. The molecule has 0 aliphatic carbocycles. The van der Waals surface area contributed by atoms with Crippen LogP contribution in [0.4, 0.5) is 10.3 Å². The van der Waals surface area contributed by atoms with E-state index in [4.69, 9.17) is 5.73 Å². The fourth-order valence-corrected chi connectivity index (χ4v) is 2.90. The lowest BCUT2D eigenvalue weighted by molar-refractivity contribution is 0.220. The van der Waals surface area contributed by atoms with Gasteiger partial charge in [0.2, 0.25) is 5.95 Å². The van der Waals surface area contributed by atoms with Crippen molar-refractivity contribution in [1.29, 1.82) is 0 Å². The third-order valence-corrected chi connectivity index (χ3v) is 4.04. The molecule has 0 unspecified atom stereocenters. The van der Waals surface area contributed by atoms with Crippen molar-refractivity contribution in [2.75, 3.05) is 25.9 Å². The predicted molar refractivity (Wildman–Crippen MR) is 78.1 cm³/mol. The second kappa shape index (κ2) is 5.40. The number of rotatable bonds is 2. The first-order valence-corrected chi connectivity index (χ1v) is 7.07. The van der Waals surface area contributed by atoms with E-state index in [9.17, 15) is 4.39 Å². The van der Waals surface area contributed by atoms with Gasteiger partial charge in [-0.3, -0.25) is 0 Å². The van der Waals surface area contributed by atoms with Crippen LogP contribution in [0.2, 0.25) is 0 Å². The molecule has 0 amide bonds. The van der Waals surface area contributed by atoms with Gasteiger partial charge in [0.15, 0.2) is 5.82 Å². The van der Waals surface area contributed by atoms with Gasteiger partial charge in [0.1, 0.15) is 11.5 Å². The van der Waals surface area contributed by atoms with Crippen LogP contribution in [-0.4, -0.2) is 44.6 Å². The largest absolute Gasteiger partial charge is 0.368 e. The number of anilines is 1. The van der Waals surface area contributed by atoms with Crippen LogP contribution in [0, 0.1) is 12.7 Å². The summed E-state index contributed by atoms with van der Waals surface area (Å²) in [5, 5.41) is 0. The number of nitrogen functional groups attached to an aromatic ring is 1. The molecule has 1 aliphatic rings. The Morgan fingerprint density at radius 2 is 1.95 bits per heavy atom. The molecule has 1 saturated heterocycles. The van der Waals surface area contributed by atoms with E-state index in [0.29, 0.717) is 11.7 Å². The SMILES string of the molecule is Cc1ncc(-c2nc(N)ncc2F)n1C1CCN(C)CC1. The van der Waals surface area contributed by atoms with E-state index in [-0.39, 0.29) is 11.6 Å². The van der Waals surface area contributed by atoms with Gasteiger partial charge < -0.3 is 15.2 Å². The molecule has 0 spiro atoms. The second-order valence-electron chi connectivity index (χ2n) is 5.52. The van der Waals surface area contributed by atoms with E-state index >= 15 is 0 Å². The van der Waals surface area contributed by atoms with Crippen molar-refractivity contribution in [2.45, 2.75) is 25.8 Å². The smallest absolute Gasteiger partial charge is 0.220 e. The Kier molecular flexibility index (Phi) is 3.59. The number of nitrogens with two attached hydrogens (primary N) is 1. The summed E-state index contributed by atoms with van der Waals surface area (Å²) in [7, 11) is 2.11. The highest BCUT2D eigenvalue weighted by molar-refractivity contribution is 5.56. The van der Waals surface area contributed by atoms with E-state index < -0.39 is 5.82 Å². The van der Waals surface area contributed by atoms with Crippen molar-refractivity contribution in [2.24, 2.45) is 0 Å². The number of aryl methyl sites for hydroxylation is 1. The van der Waals surface area contributed by atoms with Crippen LogP contribution < -0.4 is 5.73 Å². The van der Waals surface area contributed by atoms with Gasteiger partial charge in [0.05, 0.1) is 18.1 Å². The molecule has 21 heavy (non-hydrogen) atoms. The predicted octanol–water partition coefficient (Wildman–Crippen LogP) is 1.64. The van der Waals surface area contributed by atoms with Crippen molar-refractivity contribution in [3.8, 4) is 11.4 Å². The van der Waals surface area contributed by atoms with Crippen molar-refractivity contribution in [3.05, 3.63) is 24.0 Å². The normalized spacial score (nSPS) is 17.3. The number of imidazole rings is 1. The van der Waals surface area contributed by atoms with Crippen LogP contribution in [-0.2, 0) is 0 Å². The zero-order valence-electron chi connectivity index (χ0n) is 12.3. The first-order chi connectivity index (χ1) is 10.1. The molecule has 7 heteroatoms. The molecule has 112 valence electrons. The minimum Gasteiger partial charge on any atom is -0.368 e. The summed E-state index contributed by atoms with van der Waals surface area (Å²) >= 11 is 0. The monoisotopic (exact) mass is 290 g/mol. The quantitative estimate of drug-likeness (QED) is 0.910. The van der Waals surface area contributed by atoms with Crippen molar-refractivity contribution in [3.63, 3.8) is 0 Å². The number of aromatic nitrogens is 4.